The predicted molar refractivity (Wildman–Crippen MR) is 165 cm³/mol. The van der Waals surface area contributed by atoms with Crippen LogP contribution in [-0.2, 0) is 32.0 Å². The van der Waals surface area contributed by atoms with Gasteiger partial charge in [-0.05, 0) is 36.3 Å². The monoisotopic (exact) mass is 607 g/mol. The molecule has 0 aliphatic carbocycles. The molecule has 3 rings (SSSR count). The summed E-state index contributed by atoms with van der Waals surface area (Å²) in [6, 6.07) is 12.1. The van der Waals surface area contributed by atoms with Crippen LogP contribution in [0.15, 0.2) is 65.7 Å². The summed E-state index contributed by atoms with van der Waals surface area (Å²) in [5.74, 6) is -2.40. The van der Waals surface area contributed by atoms with E-state index in [1.54, 1.807) is 30.3 Å². The zero-order chi connectivity index (χ0) is 32.1. The second-order valence-corrected chi connectivity index (χ2v) is 11.1. The minimum Gasteiger partial charge on any atom is -0.480 e. The van der Waals surface area contributed by atoms with Gasteiger partial charge in [-0.2, -0.15) is 0 Å². The summed E-state index contributed by atoms with van der Waals surface area (Å²) in [7, 11) is 0. The molecule has 1 aliphatic heterocycles. The minimum absolute atomic E-state index is 0.00513. The van der Waals surface area contributed by atoms with E-state index in [0.717, 1.165) is 5.56 Å². The van der Waals surface area contributed by atoms with E-state index in [2.05, 4.69) is 31.6 Å². The van der Waals surface area contributed by atoms with Crippen molar-refractivity contribution in [2.45, 2.75) is 69.7 Å². The molecular weight excluding hydrogens is 566 g/mol. The van der Waals surface area contributed by atoms with Crippen molar-refractivity contribution in [3.63, 3.8) is 0 Å². The van der Waals surface area contributed by atoms with Gasteiger partial charge in [-0.3, -0.25) is 14.6 Å². The Labute approximate surface area is 256 Å². The average Bonchev–Trinajstić information content (AvgIpc) is 2.99. The molecule has 0 aromatic heterocycles. The Morgan fingerprint density at radius 1 is 0.909 bits per heavy atom. The second-order valence-electron chi connectivity index (χ2n) is 11.1. The van der Waals surface area contributed by atoms with Gasteiger partial charge in [0.25, 0.3) is 0 Å². The predicted octanol–water partition coefficient (Wildman–Crippen LogP) is 0.484. The van der Waals surface area contributed by atoms with Crippen LogP contribution < -0.4 is 32.3 Å². The molecule has 5 atom stereocenters. The molecule has 0 bridgehead atoms. The summed E-state index contributed by atoms with van der Waals surface area (Å²) < 4.78 is 0. The van der Waals surface area contributed by atoms with Gasteiger partial charge in [0.05, 0.1) is 12.1 Å². The molecule has 0 saturated heterocycles. The first-order valence-corrected chi connectivity index (χ1v) is 14.6. The zero-order valence-corrected chi connectivity index (χ0v) is 24.9. The number of aldehydes is 1. The number of carboxylic acid groups (broad SMARTS) is 1. The number of carboxylic acids is 1. The lowest BCUT2D eigenvalue weighted by Gasteiger charge is -2.32. The highest BCUT2D eigenvalue weighted by atomic mass is 16.4. The van der Waals surface area contributed by atoms with Gasteiger partial charge >= 0.3 is 12.0 Å². The number of nitrogens with two attached hydrogens (primary N) is 1. The van der Waals surface area contributed by atoms with Crippen LogP contribution in [0.25, 0.3) is 0 Å². The van der Waals surface area contributed by atoms with Crippen LogP contribution in [0.4, 0.5) is 4.79 Å². The molecule has 8 N–H and O–H groups in total. The van der Waals surface area contributed by atoms with Gasteiger partial charge in [0.1, 0.15) is 24.4 Å². The molecule has 0 saturated carbocycles. The summed E-state index contributed by atoms with van der Waals surface area (Å²) in [5, 5.41) is 23.1. The molecule has 13 heteroatoms. The fourth-order valence-corrected chi connectivity index (χ4v) is 4.87. The van der Waals surface area contributed by atoms with E-state index in [0.29, 0.717) is 24.8 Å². The topological polar surface area (TPSA) is 204 Å². The lowest BCUT2D eigenvalue weighted by Crippen LogP contribution is -2.64. The molecule has 2 aromatic rings. The number of aliphatic imine (C=N–C) groups is 1. The number of urea groups is 1. The Morgan fingerprint density at radius 2 is 1.52 bits per heavy atom. The van der Waals surface area contributed by atoms with Crippen LogP contribution in [0.5, 0.6) is 0 Å². The smallest absolute Gasteiger partial charge is 0.326 e. The van der Waals surface area contributed by atoms with Gasteiger partial charge in [0, 0.05) is 13.0 Å². The SMILES string of the molecule is CC(C)C[C@H](NC(=O)[C@@H](NC(=O)N[C@@H](Cc1ccccc1)C(=O)O)C1CCN=C(N)N1)C(=O)N[C@H](C=O)Cc1ccccc1. The van der Waals surface area contributed by atoms with Crippen molar-refractivity contribution in [3.05, 3.63) is 71.8 Å². The zero-order valence-electron chi connectivity index (χ0n) is 24.9. The molecule has 1 unspecified atom stereocenters. The third kappa shape index (κ3) is 10.7. The molecule has 1 aliphatic rings. The van der Waals surface area contributed by atoms with Crippen LogP contribution in [0.3, 0.4) is 0 Å². The van der Waals surface area contributed by atoms with Crippen molar-refractivity contribution >= 4 is 36.1 Å². The average molecular weight is 608 g/mol. The molecular formula is C31H41N7O6. The van der Waals surface area contributed by atoms with Crippen LogP contribution >= 0.6 is 0 Å². The summed E-state index contributed by atoms with van der Waals surface area (Å²) in [4.78, 5) is 67.9. The number of carbonyl (C=O) groups excluding carboxylic acids is 4. The summed E-state index contributed by atoms with van der Waals surface area (Å²) in [6.45, 7) is 4.06. The molecule has 0 radical (unpaired) electrons. The highest BCUT2D eigenvalue weighted by molar-refractivity contribution is 5.94. The number of nitrogens with one attached hydrogen (secondary N) is 5. The number of rotatable bonds is 15. The van der Waals surface area contributed by atoms with E-state index in [-0.39, 0.29) is 31.1 Å². The minimum atomic E-state index is -1.27. The molecule has 44 heavy (non-hydrogen) atoms. The van der Waals surface area contributed by atoms with Gasteiger partial charge < -0.3 is 42.2 Å². The maximum absolute atomic E-state index is 13.7. The normalized spacial score (nSPS) is 17.1. The highest BCUT2D eigenvalue weighted by Crippen LogP contribution is 2.11. The first-order valence-electron chi connectivity index (χ1n) is 14.6. The van der Waals surface area contributed by atoms with Crippen molar-refractivity contribution in [1.82, 2.24) is 26.6 Å². The Morgan fingerprint density at radius 3 is 2.07 bits per heavy atom. The molecule has 4 amide bonds. The number of benzene rings is 2. The van der Waals surface area contributed by atoms with Crippen LogP contribution in [0.1, 0.15) is 37.8 Å². The number of carbonyl (C=O) groups is 5. The first kappa shape index (κ1) is 33.6. The van der Waals surface area contributed by atoms with Gasteiger partial charge in [-0.1, -0.05) is 74.5 Å². The third-order valence-electron chi connectivity index (χ3n) is 7.04. The summed E-state index contributed by atoms with van der Waals surface area (Å²) >= 11 is 0. The van der Waals surface area contributed by atoms with Crippen molar-refractivity contribution in [2.24, 2.45) is 16.6 Å². The Hall–Kier alpha value is -4.94. The first-order chi connectivity index (χ1) is 21.0. The van der Waals surface area contributed by atoms with Crippen LogP contribution in [-0.4, -0.2) is 77.9 Å². The molecule has 2 aromatic carbocycles. The quantitative estimate of drug-likeness (QED) is 0.142. The standard InChI is InChI=1S/C31H41N7O6/c1-19(2)15-24(27(40)34-22(18-39)16-20-9-5-3-6-10-20)35-28(41)26(23-13-14-33-30(32)36-23)38-31(44)37-25(29(42)43)17-21-11-7-4-8-12-21/h3-12,18-19,22-26H,13-17H2,1-2H3,(H,34,40)(H,35,41)(H,42,43)(H3,32,33,36)(H2,37,38,44)/t22-,23?,24-,25-,26-/m0/s1. The number of hydrogen-bond donors (Lipinski definition) is 7. The number of aliphatic carboxylic acids is 1. The fourth-order valence-electron chi connectivity index (χ4n) is 4.87. The van der Waals surface area contributed by atoms with E-state index in [1.807, 2.05) is 44.2 Å². The number of guanidine groups is 1. The number of amides is 4. The largest absolute Gasteiger partial charge is 0.480 e. The lowest BCUT2D eigenvalue weighted by molar-refractivity contribution is -0.139. The Kier molecular flexibility index (Phi) is 12.7. The van der Waals surface area contributed by atoms with E-state index in [9.17, 15) is 29.1 Å². The lowest BCUT2D eigenvalue weighted by atomic mass is 9.99. The Balaban J connectivity index is 1.75. The number of hydrogen-bond acceptors (Lipinski definition) is 8. The van der Waals surface area contributed by atoms with E-state index >= 15 is 0 Å². The van der Waals surface area contributed by atoms with Crippen molar-refractivity contribution < 1.29 is 29.1 Å². The van der Waals surface area contributed by atoms with E-state index < -0.39 is 54.0 Å². The highest BCUT2D eigenvalue weighted by Gasteiger charge is 2.35. The molecule has 1 heterocycles. The third-order valence-corrected chi connectivity index (χ3v) is 7.04. The second kappa shape index (κ2) is 16.6. The van der Waals surface area contributed by atoms with Crippen molar-refractivity contribution in [2.75, 3.05) is 6.54 Å². The van der Waals surface area contributed by atoms with Crippen LogP contribution in [0, 0.1) is 5.92 Å². The Bertz CT molecular complexity index is 1310. The molecule has 236 valence electrons. The van der Waals surface area contributed by atoms with Gasteiger partial charge in [0.15, 0.2) is 5.96 Å². The van der Waals surface area contributed by atoms with Crippen LogP contribution in [0.2, 0.25) is 0 Å². The number of nitrogens with zero attached hydrogens (tertiary/aromatic N) is 1. The van der Waals surface area contributed by atoms with Crippen molar-refractivity contribution in [3.8, 4) is 0 Å². The maximum Gasteiger partial charge on any atom is 0.326 e. The van der Waals surface area contributed by atoms with Gasteiger partial charge in [-0.25, -0.2) is 9.59 Å². The molecule has 0 spiro atoms. The summed E-state index contributed by atoms with van der Waals surface area (Å²) in [5.41, 5.74) is 7.42. The van der Waals surface area contributed by atoms with Gasteiger partial charge in [-0.15, -0.1) is 0 Å². The fraction of sp³-hybridized carbons (Fsp3) is 0.419. The van der Waals surface area contributed by atoms with Gasteiger partial charge in [0.2, 0.25) is 11.8 Å². The summed E-state index contributed by atoms with van der Waals surface area (Å²) in [6.07, 6.45) is 1.54. The maximum atomic E-state index is 13.7. The molecule has 0 fully saturated rings. The van der Waals surface area contributed by atoms with E-state index in [1.165, 1.54) is 0 Å². The molecule has 13 nitrogen and oxygen atoms in total. The van der Waals surface area contributed by atoms with E-state index in [4.69, 9.17) is 5.73 Å². The van der Waals surface area contributed by atoms with Crippen molar-refractivity contribution in [1.29, 1.82) is 0 Å².